The third-order valence-corrected chi connectivity index (χ3v) is 5.81. The molecule has 0 saturated carbocycles. The smallest absolute Gasteiger partial charge is 0.310 e. The molecular weight excluding hydrogens is 438 g/mol. The molecule has 2 aromatic carbocycles. The lowest BCUT2D eigenvalue weighted by molar-refractivity contribution is -0.151. The molecule has 4 rings (SSSR count). The van der Waals surface area contributed by atoms with Gasteiger partial charge in [0.15, 0.2) is 12.4 Å². The van der Waals surface area contributed by atoms with Crippen molar-refractivity contribution in [1.29, 1.82) is 0 Å². The van der Waals surface area contributed by atoms with Gasteiger partial charge in [0.05, 0.1) is 25.2 Å². The number of benzene rings is 2. The van der Waals surface area contributed by atoms with Crippen LogP contribution < -0.4 is 14.2 Å². The van der Waals surface area contributed by atoms with Gasteiger partial charge in [-0.05, 0) is 55.7 Å². The number of esters is 1. The van der Waals surface area contributed by atoms with Crippen LogP contribution in [0.15, 0.2) is 48.2 Å². The van der Waals surface area contributed by atoms with Crippen LogP contribution in [0.1, 0.15) is 35.7 Å². The molecular formula is C26H27NO7. The number of amides is 1. The van der Waals surface area contributed by atoms with Crippen molar-refractivity contribution in [3.05, 3.63) is 59.4 Å². The number of Topliss-reactive ketones (excluding diaryl/α,β-unsaturated/α-hetero) is 1. The van der Waals surface area contributed by atoms with Gasteiger partial charge in [0.2, 0.25) is 5.78 Å². The lowest BCUT2D eigenvalue weighted by atomic mass is 9.98. The molecule has 2 aliphatic heterocycles. The predicted molar refractivity (Wildman–Crippen MR) is 124 cm³/mol. The highest BCUT2D eigenvalue weighted by molar-refractivity contribution is 6.14. The molecule has 1 saturated heterocycles. The molecule has 34 heavy (non-hydrogen) atoms. The molecule has 2 aliphatic rings. The third-order valence-electron chi connectivity index (χ3n) is 5.81. The lowest BCUT2D eigenvalue weighted by Gasteiger charge is -2.31. The van der Waals surface area contributed by atoms with Crippen LogP contribution in [-0.4, -0.2) is 56.0 Å². The van der Waals surface area contributed by atoms with Crippen molar-refractivity contribution in [2.24, 2.45) is 5.92 Å². The van der Waals surface area contributed by atoms with E-state index >= 15 is 0 Å². The molecule has 8 heteroatoms. The van der Waals surface area contributed by atoms with E-state index in [9.17, 15) is 14.4 Å². The quantitative estimate of drug-likeness (QED) is 0.457. The molecule has 1 amide bonds. The Morgan fingerprint density at radius 2 is 1.91 bits per heavy atom. The largest absolute Gasteiger partial charge is 0.497 e. The summed E-state index contributed by atoms with van der Waals surface area (Å²) in [5.41, 5.74) is 1.24. The fourth-order valence-electron chi connectivity index (χ4n) is 4.00. The summed E-state index contributed by atoms with van der Waals surface area (Å²) in [7, 11) is 1.59. The maximum absolute atomic E-state index is 12.7. The first-order valence-corrected chi connectivity index (χ1v) is 11.3. The Morgan fingerprint density at radius 3 is 2.65 bits per heavy atom. The molecule has 1 unspecified atom stereocenters. The molecule has 1 fully saturated rings. The van der Waals surface area contributed by atoms with Crippen LogP contribution in [0, 0.1) is 5.92 Å². The van der Waals surface area contributed by atoms with Gasteiger partial charge in [-0.25, -0.2) is 0 Å². The second-order valence-corrected chi connectivity index (χ2v) is 8.09. The Hall–Kier alpha value is -3.81. The summed E-state index contributed by atoms with van der Waals surface area (Å²) in [5.74, 6) is 0.763. The first-order chi connectivity index (χ1) is 16.5. The number of likely N-dealkylation sites (tertiary alicyclic amines) is 1. The molecule has 0 bridgehead atoms. The summed E-state index contributed by atoms with van der Waals surface area (Å²) in [4.78, 5) is 39.0. The summed E-state index contributed by atoms with van der Waals surface area (Å²) < 4.78 is 21.7. The number of hydrogen-bond acceptors (Lipinski definition) is 7. The minimum Gasteiger partial charge on any atom is -0.497 e. The average Bonchev–Trinajstić information content (AvgIpc) is 3.17. The van der Waals surface area contributed by atoms with Crippen LogP contribution in [0.2, 0.25) is 0 Å². The van der Waals surface area contributed by atoms with Gasteiger partial charge in [-0.1, -0.05) is 12.1 Å². The van der Waals surface area contributed by atoms with Crippen LogP contribution in [0.3, 0.4) is 0 Å². The Morgan fingerprint density at radius 1 is 1.15 bits per heavy atom. The van der Waals surface area contributed by atoms with Gasteiger partial charge in [-0.2, -0.15) is 0 Å². The van der Waals surface area contributed by atoms with Gasteiger partial charge in [-0.15, -0.1) is 0 Å². The van der Waals surface area contributed by atoms with Crippen molar-refractivity contribution >= 4 is 23.7 Å². The van der Waals surface area contributed by atoms with E-state index < -0.39 is 0 Å². The molecule has 2 aromatic rings. The minimum absolute atomic E-state index is 0.170. The highest BCUT2D eigenvalue weighted by Gasteiger charge is 2.30. The minimum atomic E-state index is -0.298. The van der Waals surface area contributed by atoms with Crippen molar-refractivity contribution in [3.63, 3.8) is 0 Å². The summed E-state index contributed by atoms with van der Waals surface area (Å²) in [6.45, 7) is 2.84. The molecule has 178 valence electrons. The molecule has 1 atom stereocenters. The molecule has 0 aliphatic carbocycles. The Balaban J connectivity index is 1.36. The third kappa shape index (κ3) is 5.22. The number of methoxy groups -OCH3 is 1. The number of fused-ring (bicyclic) bond motifs is 1. The van der Waals surface area contributed by atoms with Crippen LogP contribution in [0.4, 0.5) is 0 Å². The van der Waals surface area contributed by atoms with Crippen LogP contribution >= 0.6 is 0 Å². The van der Waals surface area contributed by atoms with E-state index in [1.807, 2.05) is 12.1 Å². The first kappa shape index (κ1) is 23.4. The highest BCUT2D eigenvalue weighted by atomic mass is 16.5. The molecule has 0 N–H and O–H groups in total. The van der Waals surface area contributed by atoms with Gasteiger partial charge in [0.1, 0.15) is 17.2 Å². The van der Waals surface area contributed by atoms with Crippen molar-refractivity contribution in [2.75, 3.05) is 33.4 Å². The zero-order valence-electron chi connectivity index (χ0n) is 19.2. The molecule has 0 spiro atoms. The fourth-order valence-corrected chi connectivity index (χ4v) is 4.00. The monoisotopic (exact) mass is 465 g/mol. The SMILES string of the molecule is CCOC(=O)C1CCCN(C(=O)COc2ccc3c(c2)O/C(=C\c2ccc(OC)cc2)C3=O)C1. The summed E-state index contributed by atoms with van der Waals surface area (Å²) >= 11 is 0. The number of rotatable bonds is 7. The second-order valence-electron chi connectivity index (χ2n) is 8.09. The highest BCUT2D eigenvalue weighted by Crippen LogP contribution is 2.35. The Kier molecular flexibility index (Phi) is 7.15. The number of carbonyl (C=O) groups is 3. The number of nitrogens with zero attached hydrogens (tertiary/aromatic N) is 1. The van der Waals surface area contributed by atoms with E-state index in [1.54, 1.807) is 55.3 Å². The molecule has 2 heterocycles. The van der Waals surface area contributed by atoms with E-state index in [2.05, 4.69) is 0 Å². The van der Waals surface area contributed by atoms with E-state index in [0.29, 0.717) is 43.2 Å². The zero-order chi connectivity index (χ0) is 24.1. The van der Waals surface area contributed by atoms with Crippen molar-refractivity contribution < 1.29 is 33.3 Å². The topological polar surface area (TPSA) is 91.4 Å². The average molecular weight is 466 g/mol. The Labute approximate surface area is 198 Å². The fraction of sp³-hybridized carbons (Fsp3) is 0.346. The standard InChI is InChI=1S/C26H27NO7/c1-3-32-26(30)18-5-4-12-27(15-18)24(28)16-33-20-10-11-21-22(14-20)34-23(25(21)29)13-17-6-8-19(31-2)9-7-17/h6-11,13-14,18H,3-5,12,15-16H2,1-2H3/b23-13-. The summed E-state index contributed by atoms with van der Waals surface area (Å²) in [6.07, 6.45) is 3.13. The number of hydrogen-bond donors (Lipinski definition) is 0. The number of piperidine rings is 1. The van der Waals surface area contributed by atoms with Gasteiger partial charge < -0.3 is 23.8 Å². The zero-order valence-corrected chi connectivity index (χ0v) is 19.2. The van der Waals surface area contributed by atoms with Crippen molar-refractivity contribution in [2.45, 2.75) is 19.8 Å². The summed E-state index contributed by atoms with van der Waals surface area (Å²) in [6, 6.07) is 12.1. The lowest BCUT2D eigenvalue weighted by Crippen LogP contribution is -2.44. The normalized spacial score (nSPS) is 18.3. The molecule has 8 nitrogen and oxygen atoms in total. The van der Waals surface area contributed by atoms with Crippen LogP contribution in [0.5, 0.6) is 17.2 Å². The number of ether oxygens (including phenoxy) is 4. The number of allylic oxidation sites excluding steroid dienone is 1. The first-order valence-electron chi connectivity index (χ1n) is 11.3. The predicted octanol–water partition coefficient (Wildman–Crippen LogP) is 3.49. The van der Waals surface area contributed by atoms with Gasteiger partial charge in [-0.3, -0.25) is 14.4 Å². The van der Waals surface area contributed by atoms with Crippen molar-refractivity contribution in [1.82, 2.24) is 4.90 Å². The molecule has 0 radical (unpaired) electrons. The van der Waals surface area contributed by atoms with Crippen LogP contribution in [0.25, 0.3) is 6.08 Å². The van der Waals surface area contributed by atoms with E-state index in [1.165, 1.54) is 0 Å². The molecule has 0 aromatic heterocycles. The summed E-state index contributed by atoms with van der Waals surface area (Å²) in [5, 5.41) is 0. The van der Waals surface area contributed by atoms with Gasteiger partial charge in [0, 0.05) is 19.2 Å². The van der Waals surface area contributed by atoms with E-state index in [0.717, 1.165) is 17.7 Å². The number of carbonyl (C=O) groups excluding carboxylic acids is 3. The second kappa shape index (κ2) is 10.4. The maximum Gasteiger partial charge on any atom is 0.310 e. The number of ketones is 1. The van der Waals surface area contributed by atoms with Crippen molar-refractivity contribution in [3.8, 4) is 17.2 Å². The maximum atomic E-state index is 12.7. The Bertz CT molecular complexity index is 1110. The van der Waals surface area contributed by atoms with Gasteiger partial charge >= 0.3 is 5.97 Å². The van der Waals surface area contributed by atoms with E-state index in [-0.39, 0.29) is 35.9 Å². The van der Waals surface area contributed by atoms with Crippen LogP contribution in [-0.2, 0) is 14.3 Å². The van der Waals surface area contributed by atoms with Gasteiger partial charge in [0.25, 0.3) is 5.91 Å². The van der Waals surface area contributed by atoms with E-state index in [4.69, 9.17) is 18.9 Å².